The van der Waals surface area contributed by atoms with Gasteiger partial charge in [-0.15, -0.1) is 0 Å². The van der Waals surface area contributed by atoms with Crippen molar-refractivity contribution in [2.45, 2.75) is 19.9 Å². The molecule has 8 heteroatoms. The number of halogens is 1. The molecule has 1 aromatic heterocycles. The summed E-state index contributed by atoms with van der Waals surface area (Å²) in [5.74, 6) is 0.377. The molecule has 2 aromatic carbocycles. The van der Waals surface area contributed by atoms with Crippen LogP contribution in [0.2, 0.25) is 0 Å². The molecule has 0 radical (unpaired) electrons. The number of aliphatic imine (C=N–C) groups is 1. The summed E-state index contributed by atoms with van der Waals surface area (Å²) < 4.78 is 13.3. The molecule has 28 heavy (non-hydrogen) atoms. The third-order valence-corrected chi connectivity index (χ3v) is 4.30. The molecule has 0 aliphatic heterocycles. The molecule has 0 atom stereocenters. The van der Waals surface area contributed by atoms with Gasteiger partial charge in [0, 0.05) is 42.3 Å². The molecule has 0 bridgehead atoms. The monoisotopic (exact) mass is 383 g/mol. The van der Waals surface area contributed by atoms with Crippen LogP contribution in [0.25, 0.3) is 10.9 Å². The maximum absolute atomic E-state index is 13.3. The highest BCUT2D eigenvalue weighted by atomic mass is 19.1. The summed E-state index contributed by atoms with van der Waals surface area (Å²) in [6.07, 6.45) is 2.63. The van der Waals surface area contributed by atoms with Crippen LogP contribution in [-0.2, 0) is 13.0 Å². The number of H-pyrrole nitrogens is 1. The molecule has 0 fully saturated rings. The lowest BCUT2D eigenvalue weighted by molar-refractivity contribution is -0.384. The third-order valence-electron chi connectivity index (χ3n) is 4.30. The molecule has 0 saturated carbocycles. The quantitative estimate of drug-likeness (QED) is 0.252. The number of hydrogen-bond acceptors (Lipinski definition) is 3. The lowest BCUT2D eigenvalue weighted by Gasteiger charge is -2.11. The molecule has 0 amide bonds. The summed E-state index contributed by atoms with van der Waals surface area (Å²) in [4.78, 5) is 18.0. The Balaban J connectivity index is 1.61. The van der Waals surface area contributed by atoms with E-state index in [4.69, 9.17) is 0 Å². The van der Waals surface area contributed by atoms with E-state index in [9.17, 15) is 14.5 Å². The third kappa shape index (κ3) is 4.85. The Morgan fingerprint density at radius 3 is 2.89 bits per heavy atom. The van der Waals surface area contributed by atoms with Gasteiger partial charge in [0.2, 0.25) is 0 Å². The van der Waals surface area contributed by atoms with Crippen molar-refractivity contribution < 1.29 is 9.31 Å². The fourth-order valence-electron chi connectivity index (χ4n) is 2.96. The van der Waals surface area contributed by atoms with Crippen LogP contribution in [0.5, 0.6) is 0 Å². The predicted molar refractivity (Wildman–Crippen MR) is 108 cm³/mol. The van der Waals surface area contributed by atoms with Gasteiger partial charge in [-0.2, -0.15) is 0 Å². The van der Waals surface area contributed by atoms with Gasteiger partial charge >= 0.3 is 0 Å². The summed E-state index contributed by atoms with van der Waals surface area (Å²) >= 11 is 0. The van der Waals surface area contributed by atoms with Crippen LogP contribution in [0, 0.1) is 15.9 Å². The van der Waals surface area contributed by atoms with E-state index in [1.807, 2.05) is 19.2 Å². The summed E-state index contributed by atoms with van der Waals surface area (Å²) in [6, 6.07) is 11.2. The fourth-order valence-corrected chi connectivity index (χ4v) is 2.96. The van der Waals surface area contributed by atoms with E-state index in [-0.39, 0.29) is 11.5 Å². The van der Waals surface area contributed by atoms with Gasteiger partial charge in [-0.05, 0) is 42.7 Å². The van der Waals surface area contributed by atoms with Crippen molar-refractivity contribution in [3.05, 3.63) is 75.7 Å². The van der Waals surface area contributed by atoms with Crippen LogP contribution in [0.15, 0.2) is 53.7 Å². The van der Waals surface area contributed by atoms with Crippen LogP contribution < -0.4 is 10.6 Å². The standard InChI is InChI=1S/C20H22FN5O2/c1-2-22-20(25-12-14-4-3-5-17(10-14)26(27)28)23-9-8-15-13-24-19-11-16(21)6-7-18(15)19/h3-7,10-11,13,24H,2,8-9,12H2,1H3,(H2,22,23,25). The molecular weight excluding hydrogens is 361 g/mol. The predicted octanol–water partition coefficient (Wildman–Crippen LogP) is 3.51. The molecular formula is C20H22FN5O2. The Morgan fingerprint density at radius 1 is 1.25 bits per heavy atom. The molecule has 1 heterocycles. The second-order valence-electron chi connectivity index (χ2n) is 6.30. The average Bonchev–Trinajstić information content (AvgIpc) is 3.08. The summed E-state index contributed by atoms with van der Waals surface area (Å²) in [5.41, 5.74) is 2.70. The summed E-state index contributed by atoms with van der Waals surface area (Å²) in [5, 5.41) is 18.3. The van der Waals surface area contributed by atoms with Gasteiger partial charge in [0.05, 0.1) is 11.5 Å². The number of aromatic nitrogens is 1. The highest BCUT2D eigenvalue weighted by Gasteiger charge is 2.07. The number of nitro groups is 1. The first-order valence-corrected chi connectivity index (χ1v) is 9.08. The lowest BCUT2D eigenvalue weighted by atomic mass is 10.1. The Hall–Kier alpha value is -3.42. The van der Waals surface area contributed by atoms with Gasteiger partial charge in [-0.3, -0.25) is 10.1 Å². The topological polar surface area (TPSA) is 95.3 Å². The van der Waals surface area contributed by atoms with Gasteiger partial charge in [0.1, 0.15) is 5.82 Å². The first-order chi connectivity index (χ1) is 13.6. The normalized spacial score (nSPS) is 11.6. The number of guanidine groups is 1. The van der Waals surface area contributed by atoms with Gasteiger partial charge in [-0.25, -0.2) is 9.38 Å². The number of aromatic amines is 1. The van der Waals surface area contributed by atoms with Crippen LogP contribution in [0.3, 0.4) is 0 Å². The molecule has 3 N–H and O–H groups in total. The average molecular weight is 383 g/mol. The number of rotatable bonds is 7. The number of fused-ring (bicyclic) bond motifs is 1. The van der Waals surface area contributed by atoms with Gasteiger partial charge < -0.3 is 15.6 Å². The summed E-state index contributed by atoms with van der Waals surface area (Å²) in [6.45, 7) is 3.65. The van der Waals surface area contributed by atoms with Crippen molar-refractivity contribution in [3.63, 3.8) is 0 Å². The zero-order valence-electron chi connectivity index (χ0n) is 15.5. The number of benzene rings is 2. The number of non-ortho nitro benzene ring substituents is 1. The minimum Gasteiger partial charge on any atom is -0.361 e. The molecule has 0 unspecified atom stereocenters. The molecule has 7 nitrogen and oxygen atoms in total. The second-order valence-corrected chi connectivity index (χ2v) is 6.30. The van der Waals surface area contributed by atoms with Crippen molar-refractivity contribution >= 4 is 22.5 Å². The van der Waals surface area contributed by atoms with E-state index < -0.39 is 4.92 Å². The Bertz CT molecular complexity index is 999. The lowest BCUT2D eigenvalue weighted by Crippen LogP contribution is -2.38. The van der Waals surface area contributed by atoms with Crippen LogP contribution in [0.1, 0.15) is 18.1 Å². The number of hydrogen-bond donors (Lipinski definition) is 3. The SMILES string of the molecule is CCNC(=NCc1cccc([N+](=O)[O-])c1)NCCc1c[nH]c2cc(F)ccc12. The Morgan fingerprint density at radius 2 is 2.11 bits per heavy atom. The second kappa shape index (κ2) is 8.98. The van der Waals surface area contributed by atoms with Crippen LogP contribution >= 0.6 is 0 Å². The van der Waals surface area contributed by atoms with E-state index >= 15 is 0 Å². The highest BCUT2D eigenvalue weighted by molar-refractivity contribution is 5.83. The minimum absolute atomic E-state index is 0.0569. The van der Waals surface area contributed by atoms with Crippen molar-refractivity contribution in [1.29, 1.82) is 0 Å². The molecule has 0 spiro atoms. The Kier molecular flexibility index (Phi) is 6.21. The van der Waals surface area contributed by atoms with E-state index in [0.29, 0.717) is 25.6 Å². The van der Waals surface area contributed by atoms with E-state index in [1.54, 1.807) is 12.1 Å². The first-order valence-electron chi connectivity index (χ1n) is 9.08. The van der Waals surface area contributed by atoms with Crippen molar-refractivity contribution in [1.82, 2.24) is 15.6 Å². The molecule has 0 saturated heterocycles. The Labute approximate surface area is 161 Å². The fraction of sp³-hybridized carbons (Fsp3) is 0.250. The first kappa shape index (κ1) is 19.3. The highest BCUT2D eigenvalue weighted by Crippen LogP contribution is 2.19. The van der Waals surface area contributed by atoms with Crippen molar-refractivity contribution in [2.24, 2.45) is 4.99 Å². The molecule has 3 aromatic rings. The van der Waals surface area contributed by atoms with Gasteiger partial charge in [-0.1, -0.05) is 12.1 Å². The molecule has 0 aliphatic carbocycles. The zero-order chi connectivity index (χ0) is 19.9. The molecule has 0 aliphatic rings. The van der Waals surface area contributed by atoms with Crippen LogP contribution in [0.4, 0.5) is 10.1 Å². The van der Waals surface area contributed by atoms with E-state index in [2.05, 4.69) is 20.6 Å². The number of nitrogens with one attached hydrogen (secondary N) is 3. The minimum atomic E-state index is -0.413. The number of nitrogens with zero attached hydrogens (tertiary/aromatic N) is 2. The maximum atomic E-state index is 13.3. The van der Waals surface area contributed by atoms with Crippen molar-refractivity contribution in [2.75, 3.05) is 13.1 Å². The molecule has 146 valence electrons. The largest absolute Gasteiger partial charge is 0.361 e. The zero-order valence-corrected chi connectivity index (χ0v) is 15.5. The van der Waals surface area contributed by atoms with Gasteiger partial charge in [0.25, 0.3) is 5.69 Å². The van der Waals surface area contributed by atoms with Gasteiger partial charge in [0.15, 0.2) is 5.96 Å². The smallest absolute Gasteiger partial charge is 0.269 e. The van der Waals surface area contributed by atoms with E-state index in [1.165, 1.54) is 24.3 Å². The molecule has 3 rings (SSSR count). The number of nitro benzene ring substituents is 1. The maximum Gasteiger partial charge on any atom is 0.269 e. The van der Waals surface area contributed by atoms with E-state index in [0.717, 1.165) is 28.5 Å². The van der Waals surface area contributed by atoms with Crippen LogP contribution in [-0.4, -0.2) is 29.0 Å². The van der Waals surface area contributed by atoms with Crippen molar-refractivity contribution in [3.8, 4) is 0 Å². The summed E-state index contributed by atoms with van der Waals surface area (Å²) in [7, 11) is 0.